The van der Waals surface area contributed by atoms with E-state index in [1.54, 1.807) is 6.07 Å². The fourth-order valence-electron chi connectivity index (χ4n) is 1.59. The van der Waals surface area contributed by atoms with E-state index in [0.717, 1.165) is 17.3 Å². The summed E-state index contributed by atoms with van der Waals surface area (Å²) in [6.07, 6.45) is 1.35. The third-order valence-corrected chi connectivity index (χ3v) is 5.24. The van der Waals surface area contributed by atoms with Crippen molar-refractivity contribution in [3.8, 4) is 6.07 Å². The summed E-state index contributed by atoms with van der Waals surface area (Å²) in [6, 6.07) is 1.78. The molecule has 1 aromatic heterocycles. The zero-order valence-electron chi connectivity index (χ0n) is 9.01. The maximum absolute atomic E-state index is 11.6. The molecule has 2 heterocycles. The number of H-pyrrole nitrogens is 1. The van der Waals surface area contributed by atoms with E-state index >= 15 is 0 Å². The Morgan fingerprint density at radius 3 is 3.00 bits per heavy atom. The quantitative estimate of drug-likeness (QED) is 0.833. The van der Waals surface area contributed by atoms with Crippen molar-refractivity contribution in [3.63, 3.8) is 0 Å². The van der Waals surface area contributed by atoms with E-state index in [1.165, 1.54) is 10.8 Å². The molecule has 1 unspecified atom stereocenters. The van der Waals surface area contributed by atoms with E-state index in [0.29, 0.717) is 11.8 Å². The third kappa shape index (κ3) is 2.96. The molecule has 90 valence electrons. The van der Waals surface area contributed by atoms with Crippen LogP contribution in [0, 0.1) is 11.3 Å². The minimum absolute atomic E-state index is 0.0157. The average Bonchev–Trinajstić information content (AvgIpc) is 2.34. The molecule has 0 bridgehead atoms. The number of hydrogen-bond donors (Lipinski definition) is 1. The topological polar surface area (TPSA) is 78.7 Å². The van der Waals surface area contributed by atoms with E-state index in [9.17, 15) is 9.59 Å². The summed E-state index contributed by atoms with van der Waals surface area (Å²) < 4.78 is 1.42. The zero-order valence-corrected chi connectivity index (χ0v) is 10.6. The number of rotatable bonds is 2. The number of nitrogens with zero attached hydrogens (tertiary/aromatic N) is 2. The Hall–Kier alpha value is -1.13. The molecule has 0 radical (unpaired) electrons. The van der Waals surface area contributed by atoms with Gasteiger partial charge in [0.25, 0.3) is 5.56 Å². The Morgan fingerprint density at radius 2 is 2.35 bits per heavy atom. The van der Waals surface area contributed by atoms with Gasteiger partial charge in [-0.2, -0.15) is 28.8 Å². The second kappa shape index (κ2) is 5.47. The molecule has 0 saturated carbocycles. The molecule has 1 aliphatic rings. The first kappa shape index (κ1) is 12.3. The highest BCUT2D eigenvalue weighted by molar-refractivity contribution is 8.06. The van der Waals surface area contributed by atoms with Crippen LogP contribution in [0.25, 0.3) is 0 Å². The Labute approximate surface area is 106 Å². The fraction of sp³-hybridized carbons (Fsp3) is 0.500. The first-order valence-electron chi connectivity index (χ1n) is 5.14. The summed E-state index contributed by atoms with van der Waals surface area (Å²) >= 11 is 3.70. The molecular formula is C10H11N3O2S2. The number of aromatic amines is 1. The predicted octanol–water partition coefficient (Wildman–Crippen LogP) is 0.257. The highest BCUT2D eigenvalue weighted by Gasteiger charge is 2.16. The Kier molecular flexibility index (Phi) is 3.97. The van der Waals surface area contributed by atoms with Crippen LogP contribution in [0.5, 0.6) is 0 Å². The number of nitrogens with one attached hydrogen (secondary N) is 1. The maximum Gasteiger partial charge on any atom is 0.328 e. The van der Waals surface area contributed by atoms with E-state index in [-0.39, 0.29) is 5.56 Å². The van der Waals surface area contributed by atoms with Gasteiger partial charge < -0.3 is 0 Å². The van der Waals surface area contributed by atoms with Gasteiger partial charge in [0, 0.05) is 35.3 Å². The summed E-state index contributed by atoms with van der Waals surface area (Å²) in [4.78, 5) is 24.9. The lowest BCUT2D eigenvalue weighted by atomic mass is 10.3. The standard InChI is InChI=1S/C10H11N3O2S2/c11-3-7-4-13(10(15)12-9(7)14)5-8-6-16-1-2-17-8/h4,8H,1-2,5-6H2,(H,12,14,15). The average molecular weight is 269 g/mol. The van der Waals surface area contributed by atoms with Crippen LogP contribution in [0.1, 0.15) is 5.56 Å². The van der Waals surface area contributed by atoms with Crippen LogP contribution in [-0.2, 0) is 6.54 Å². The molecule has 0 aliphatic carbocycles. The van der Waals surface area contributed by atoms with Gasteiger partial charge in [-0.05, 0) is 0 Å². The molecule has 1 saturated heterocycles. The predicted molar refractivity (Wildman–Crippen MR) is 69.6 cm³/mol. The smallest absolute Gasteiger partial charge is 0.298 e. The summed E-state index contributed by atoms with van der Waals surface area (Å²) in [5.74, 6) is 3.22. The largest absolute Gasteiger partial charge is 0.328 e. The van der Waals surface area contributed by atoms with Crippen molar-refractivity contribution in [2.24, 2.45) is 0 Å². The van der Waals surface area contributed by atoms with Crippen molar-refractivity contribution >= 4 is 23.5 Å². The lowest BCUT2D eigenvalue weighted by Crippen LogP contribution is -2.34. The molecule has 2 rings (SSSR count). The number of aromatic nitrogens is 2. The molecule has 0 spiro atoms. The van der Waals surface area contributed by atoms with Crippen molar-refractivity contribution in [2.75, 3.05) is 17.3 Å². The Morgan fingerprint density at radius 1 is 1.53 bits per heavy atom. The molecule has 1 N–H and O–H groups in total. The Bertz CT molecular complexity index is 552. The highest BCUT2D eigenvalue weighted by atomic mass is 32.2. The van der Waals surface area contributed by atoms with Gasteiger partial charge in [0.1, 0.15) is 11.6 Å². The number of hydrogen-bond acceptors (Lipinski definition) is 5. The van der Waals surface area contributed by atoms with E-state index < -0.39 is 11.2 Å². The van der Waals surface area contributed by atoms with Crippen molar-refractivity contribution < 1.29 is 0 Å². The molecule has 7 heteroatoms. The van der Waals surface area contributed by atoms with Crippen LogP contribution >= 0.6 is 23.5 Å². The van der Waals surface area contributed by atoms with Crippen LogP contribution in [0.2, 0.25) is 0 Å². The summed E-state index contributed by atoms with van der Waals surface area (Å²) in [7, 11) is 0. The summed E-state index contributed by atoms with van der Waals surface area (Å²) in [6.45, 7) is 0.544. The van der Waals surface area contributed by atoms with Gasteiger partial charge in [0.2, 0.25) is 0 Å². The molecule has 5 nitrogen and oxygen atoms in total. The lowest BCUT2D eigenvalue weighted by molar-refractivity contribution is 0.643. The van der Waals surface area contributed by atoms with Crippen molar-refractivity contribution in [1.82, 2.24) is 9.55 Å². The van der Waals surface area contributed by atoms with Crippen molar-refractivity contribution in [1.29, 1.82) is 5.26 Å². The first-order chi connectivity index (χ1) is 8.20. The molecule has 1 aromatic rings. The molecule has 17 heavy (non-hydrogen) atoms. The summed E-state index contributed by atoms with van der Waals surface area (Å²) in [5.41, 5.74) is -1.07. The van der Waals surface area contributed by atoms with Gasteiger partial charge in [0.05, 0.1) is 0 Å². The van der Waals surface area contributed by atoms with Gasteiger partial charge in [-0.25, -0.2) is 4.79 Å². The van der Waals surface area contributed by atoms with Crippen LogP contribution in [-0.4, -0.2) is 32.1 Å². The maximum atomic E-state index is 11.6. The fourth-order valence-corrected chi connectivity index (χ4v) is 4.25. The second-order valence-electron chi connectivity index (χ2n) is 3.63. The minimum atomic E-state index is -0.612. The van der Waals surface area contributed by atoms with Crippen LogP contribution in [0.15, 0.2) is 15.8 Å². The molecule has 1 atom stereocenters. The van der Waals surface area contributed by atoms with Gasteiger partial charge in [-0.15, -0.1) is 0 Å². The zero-order chi connectivity index (χ0) is 12.3. The van der Waals surface area contributed by atoms with Gasteiger partial charge in [-0.1, -0.05) is 0 Å². The van der Waals surface area contributed by atoms with Gasteiger partial charge >= 0.3 is 5.69 Å². The Balaban J connectivity index is 2.23. The molecule has 1 aliphatic heterocycles. The molecule has 0 aromatic carbocycles. The monoisotopic (exact) mass is 269 g/mol. The summed E-state index contributed by atoms with van der Waals surface area (Å²) in [5, 5.41) is 9.11. The van der Waals surface area contributed by atoms with Crippen molar-refractivity contribution in [2.45, 2.75) is 11.8 Å². The first-order valence-corrected chi connectivity index (χ1v) is 7.34. The lowest BCUT2D eigenvalue weighted by Gasteiger charge is -2.21. The van der Waals surface area contributed by atoms with Gasteiger partial charge in [-0.3, -0.25) is 14.3 Å². The van der Waals surface area contributed by atoms with Crippen molar-refractivity contribution in [3.05, 3.63) is 32.6 Å². The molecule has 0 amide bonds. The third-order valence-electron chi connectivity index (χ3n) is 2.42. The van der Waals surface area contributed by atoms with E-state index in [4.69, 9.17) is 5.26 Å². The van der Waals surface area contributed by atoms with E-state index in [2.05, 4.69) is 4.98 Å². The second-order valence-corrected chi connectivity index (χ2v) is 6.19. The van der Waals surface area contributed by atoms with E-state index in [1.807, 2.05) is 23.5 Å². The number of nitriles is 1. The van der Waals surface area contributed by atoms with Crippen LogP contribution in [0.4, 0.5) is 0 Å². The SMILES string of the molecule is N#Cc1cn(CC2CSCCS2)c(=O)[nH]c1=O. The molecule has 1 fully saturated rings. The minimum Gasteiger partial charge on any atom is -0.298 e. The van der Waals surface area contributed by atoms with Gasteiger partial charge in [0.15, 0.2) is 0 Å². The molecular weight excluding hydrogens is 258 g/mol. The normalized spacial score (nSPS) is 19.8. The van der Waals surface area contributed by atoms with Crippen LogP contribution in [0.3, 0.4) is 0 Å². The number of thioether (sulfide) groups is 2. The highest BCUT2D eigenvalue weighted by Crippen LogP contribution is 2.24. The van der Waals surface area contributed by atoms with Crippen LogP contribution < -0.4 is 11.2 Å².